The molecule has 192 valence electrons. The Hall–Kier alpha value is -4.13. The van der Waals surface area contributed by atoms with Gasteiger partial charge in [0, 0.05) is 40.8 Å². The first-order chi connectivity index (χ1) is 18.0. The molecule has 0 aromatic heterocycles. The predicted molar refractivity (Wildman–Crippen MR) is 148 cm³/mol. The molecular weight excluding hydrogens is 464 g/mol. The van der Waals surface area contributed by atoms with Crippen molar-refractivity contribution in [1.29, 1.82) is 0 Å². The van der Waals surface area contributed by atoms with Crippen LogP contribution in [0.15, 0.2) is 78.9 Å². The van der Waals surface area contributed by atoms with Crippen LogP contribution in [-0.4, -0.2) is 36.9 Å². The van der Waals surface area contributed by atoms with Gasteiger partial charge in [-0.3, -0.25) is 14.4 Å². The maximum atomic E-state index is 12.9. The molecule has 3 N–H and O–H groups in total. The minimum absolute atomic E-state index is 0.0519. The van der Waals surface area contributed by atoms with Gasteiger partial charge < -0.3 is 20.9 Å². The van der Waals surface area contributed by atoms with Crippen LogP contribution >= 0.6 is 0 Å². The summed E-state index contributed by atoms with van der Waals surface area (Å²) >= 11 is 0. The fraction of sp³-hybridized carbons (Fsp3) is 0.300. The fourth-order valence-electron chi connectivity index (χ4n) is 4.55. The van der Waals surface area contributed by atoms with Gasteiger partial charge >= 0.3 is 0 Å². The van der Waals surface area contributed by atoms with Gasteiger partial charge in [0.15, 0.2) is 0 Å². The predicted octanol–water partition coefficient (Wildman–Crippen LogP) is 5.47. The van der Waals surface area contributed by atoms with E-state index in [4.69, 9.17) is 0 Å². The van der Waals surface area contributed by atoms with Gasteiger partial charge in [0.1, 0.15) is 0 Å². The number of benzene rings is 3. The third kappa shape index (κ3) is 7.19. The highest BCUT2D eigenvalue weighted by Gasteiger charge is 2.17. The first-order valence-corrected chi connectivity index (χ1v) is 12.9. The van der Waals surface area contributed by atoms with E-state index in [9.17, 15) is 14.4 Å². The fourth-order valence-corrected chi connectivity index (χ4v) is 4.55. The highest BCUT2D eigenvalue weighted by molar-refractivity contribution is 6.06. The van der Waals surface area contributed by atoms with Gasteiger partial charge in [-0.25, -0.2) is 0 Å². The number of anilines is 3. The third-order valence-corrected chi connectivity index (χ3v) is 6.59. The van der Waals surface area contributed by atoms with E-state index in [0.717, 1.165) is 24.2 Å². The summed E-state index contributed by atoms with van der Waals surface area (Å²) in [6.45, 7) is 2.57. The van der Waals surface area contributed by atoms with Crippen LogP contribution in [0.5, 0.6) is 0 Å². The van der Waals surface area contributed by atoms with E-state index in [1.165, 1.54) is 19.3 Å². The summed E-state index contributed by atoms with van der Waals surface area (Å²) in [4.78, 5) is 39.5. The second-order valence-electron chi connectivity index (χ2n) is 9.25. The van der Waals surface area contributed by atoms with E-state index in [0.29, 0.717) is 23.4 Å². The molecule has 37 heavy (non-hydrogen) atoms. The van der Waals surface area contributed by atoms with Crippen LogP contribution in [0.3, 0.4) is 0 Å². The molecule has 0 spiro atoms. The van der Waals surface area contributed by atoms with Crippen LogP contribution in [0.2, 0.25) is 0 Å². The van der Waals surface area contributed by atoms with E-state index in [1.807, 2.05) is 37.3 Å². The smallest absolute Gasteiger partial charge is 0.258 e. The van der Waals surface area contributed by atoms with E-state index in [-0.39, 0.29) is 30.3 Å². The zero-order valence-electron chi connectivity index (χ0n) is 21.2. The van der Waals surface area contributed by atoms with Crippen molar-refractivity contribution >= 4 is 34.8 Å². The first-order valence-electron chi connectivity index (χ1n) is 12.9. The Balaban J connectivity index is 1.25. The molecular formula is C30H34N4O3. The lowest BCUT2D eigenvalue weighted by molar-refractivity contribution is -0.114. The van der Waals surface area contributed by atoms with Gasteiger partial charge in [-0.15, -0.1) is 0 Å². The molecule has 7 nitrogen and oxygen atoms in total. The van der Waals surface area contributed by atoms with Crippen molar-refractivity contribution in [2.45, 2.75) is 45.1 Å². The van der Waals surface area contributed by atoms with Crippen molar-refractivity contribution in [3.05, 3.63) is 90.0 Å². The summed E-state index contributed by atoms with van der Waals surface area (Å²) in [6.07, 6.45) is 5.68. The monoisotopic (exact) mass is 498 g/mol. The molecule has 1 fully saturated rings. The van der Waals surface area contributed by atoms with Crippen molar-refractivity contribution in [3.8, 4) is 0 Å². The molecule has 0 unspecified atom stereocenters. The molecule has 1 aliphatic carbocycles. The average molecular weight is 499 g/mol. The molecule has 3 aromatic carbocycles. The van der Waals surface area contributed by atoms with Crippen LogP contribution < -0.4 is 20.9 Å². The van der Waals surface area contributed by atoms with E-state index in [1.54, 1.807) is 53.4 Å². The van der Waals surface area contributed by atoms with Crippen LogP contribution in [0, 0.1) is 0 Å². The largest absolute Gasteiger partial charge is 0.376 e. The molecule has 7 heteroatoms. The average Bonchev–Trinajstić information content (AvgIpc) is 2.94. The van der Waals surface area contributed by atoms with E-state index in [2.05, 4.69) is 16.0 Å². The van der Waals surface area contributed by atoms with Crippen LogP contribution in [-0.2, 0) is 4.79 Å². The number of nitrogens with zero attached hydrogens (tertiary/aromatic N) is 1. The van der Waals surface area contributed by atoms with E-state index >= 15 is 0 Å². The standard InChI is InChI=1S/C30H34N4O3/c1-2-34(27-11-7-4-8-12-27)30(37)23-15-19-26(20-16-23)32-28(35)21-31-24-17-13-22(14-18-24)29(36)33-25-9-5-3-6-10-25/h4,7-8,11-20,25,31H,2-3,5-6,9-10,21H2,1H3,(H,32,35)(H,33,36). The van der Waals surface area contributed by atoms with Crippen LogP contribution in [0.25, 0.3) is 0 Å². The molecule has 3 aromatic rings. The molecule has 0 saturated heterocycles. The van der Waals surface area contributed by atoms with Gasteiger partial charge in [-0.1, -0.05) is 37.5 Å². The van der Waals surface area contributed by atoms with Gasteiger partial charge in [0.05, 0.1) is 6.54 Å². The number of rotatable bonds is 9. The summed E-state index contributed by atoms with van der Waals surface area (Å²) in [7, 11) is 0. The zero-order valence-corrected chi connectivity index (χ0v) is 21.2. The van der Waals surface area contributed by atoms with Crippen molar-refractivity contribution < 1.29 is 14.4 Å². The molecule has 1 aliphatic rings. The number of carbonyl (C=O) groups excluding carboxylic acids is 3. The number of carbonyl (C=O) groups is 3. The Morgan fingerprint density at radius 3 is 2.05 bits per heavy atom. The first kappa shape index (κ1) is 25.9. The second kappa shape index (κ2) is 12.7. The lowest BCUT2D eigenvalue weighted by Crippen LogP contribution is -2.36. The SMILES string of the molecule is CCN(C(=O)c1ccc(NC(=O)CNc2ccc(C(=O)NC3CCCCC3)cc2)cc1)c1ccccc1. The second-order valence-corrected chi connectivity index (χ2v) is 9.25. The van der Waals surface area contributed by atoms with E-state index < -0.39 is 0 Å². The Kier molecular flexibility index (Phi) is 8.92. The van der Waals surface area contributed by atoms with Crippen LogP contribution in [0.1, 0.15) is 59.7 Å². The Morgan fingerprint density at radius 1 is 0.784 bits per heavy atom. The minimum Gasteiger partial charge on any atom is -0.376 e. The van der Waals surface area contributed by atoms with Crippen molar-refractivity contribution in [3.63, 3.8) is 0 Å². The normalized spacial score (nSPS) is 13.4. The topological polar surface area (TPSA) is 90.5 Å². The molecule has 3 amide bonds. The van der Waals surface area contributed by atoms with Gasteiger partial charge in [0.25, 0.3) is 11.8 Å². The molecule has 0 aliphatic heterocycles. The highest BCUT2D eigenvalue weighted by Crippen LogP contribution is 2.19. The number of amides is 3. The maximum Gasteiger partial charge on any atom is 0.258 e. The zero-order chi connectivity index (χ0) is 26.0. The maximum absolute atomic E-state index is 12.9. The number of nitrogens with one attached hydrogen (secondary N) is 3. The van der Waals surface area contributed by atoms with Gasteiger partial charge in [0.2, 0.25) is 5.91 Å². The van der Waals surface area contributed by atoms with Crippen LogP contribution in [0.4, 0.5) is 17.1 Å². The van der Waals surface area contributed by atoms with Gasteiger partial charge in [-0.05, 0) is 80.4 Å². The number of hydrogen-bond donors (Lipinski definition) is 3. The summed E-state index contributed by atoms with van der Waals surface area (Å²) in [5, 5.41) is 9.03. The van der Waals surface area contributed by atoms with Gasteiger partial charge in [-0.2, -0.15) is 0 Å². The number of hydrogen-bond acceptors (Lipinski definition) is 4. The molecule has 0 radical (unpaired) electrons. The highest BCUT2D eigenvalue weighted by atomic mass is 16.2. The lowest BCUT2D eigenvalue weighted by atomic mass is 9.95. The third-order valence-electron chi connectivity index (χ3n) is 6.59. The van der Waals surface area contributed by atoms with Crippen molar-refractivity contribution in [1.82, 2.24) is 5.32 Å². The molecule has 0 atom stereocenters. The van der Waals surface area contributed by atoms with Crippen molar-refractivity contribution in [2.75, 3.05) is 28.6 Å². The summed E-state index contributed by atoms with van der Waals surface area (Å²) < 4.78 is 0. The summed E-state index contributed by atoms with van der Waals surface area (Å²) in [5.41, 5.74) is 3.38. The molecule has 0 heterocycles. The molecule has 4 rings (SSSR count). The van der Waals surface area contributed by atoms with Crippen molar-refractivity contribution in [2.24, 2.45) is 0 Å². The summed E-state index contributed by atoms with van der Waals surface area (Å²) in [5.74, 6) is -0.356. The Morgan fingerprint density at radius 2 is 1.41 bits per heavy atom. The minimum atomic E-state index is -0.210. The Bertz CT molecular complexity index is 1190. The number of para-hydroxylation sites is 1. The Labute approximate surface area is 218 Å². The molecule has 1 saturated carbocycles. The lowest BCUT2D eigenvalue weighted by Gasteiger charge is -2.22. The molecule has 0 bridgehead atoms. The quantitative estimate of drug-likeness (QED) is 0.365. The summed E-state index contributed by atoms with van der Waals surface area (Å²) in [6, 6.07) is 23.8.